The number of hydrogen-bond acceptors (Lipinski definition) is 0. The highest BCUT2D eigenvalue weighted by Gasteiger charge is 1.96. The average molecular weight is 414 g/mol. The zero-order chi connectivity index (χ0) is 15.9. The summed E-state index contributed by atoms with van der Waals surface area (Å²) in [7, 11) is 0. The van der Waals surface area contributed by atoms with E-state index < -0.39 is 0 Å². The van der Waals surface area contributed by atoms with Crippen molar-refractivity contribution in [3.8, 4) is 0 Å². The second kappa shape index (κ2) is 14.5. The molecule has 0 aromatic heterocycles. The molecule has 1 rings (SSSR count). The molecule has 1 aromatic carbocycles. The molecule has 0 nitrogen and oxygen atoms in total. The van der Waals surface area contributed by atoms with Crippen molar-refractivity contribution in [3.63, 3.8) is 0 Å². The van der Waals surface area contributed by atoms with Crippen molar-refractivity contribution >= 4 is 22.6 Å². The quantitative estimate of drug-likeness (QED) is 0.168. The van der Waals surface area contributed by atoms with Gasteiger partial charge in [0, 0.05) is 4.43 Å². The monoisotopic (exact) mass is 414 g/mol. The molecule has 0 aliphatic carbocycles. The maximum atomic E-state index is 2.45. The van der Waals surface area contributed by atoms with Crippen LogP contribution in [0.15, 0.2) is 24.3 Å². The highest BCUT2D eigenvalue weighted by molar-refractivity contribution is 14.1. The molecule has 0 aliphatic heterocycles. The molecule has 0 aliphatic rings. The number of alkyl halides is 1. The van der Waals surface area contributed by atoms with Gasteiger partial charge < -0.3 is 0 Å². The maximum Gasteiger partial charge on any atom is 0.00358 e. The van der Waals surface area contributed by atoms with Crippen LogP contribution in [0.5, 0.6) is 0 Å². The second-order valence-corrected chi connectivity index (χ2v) is 7.62. The summed E-state index contributed by atoms with van der Waals surface area (Å²) in [6.45, 7) is 2.29. The third-order valence-corrected chi connectivity index (χ3v) is 5.01. The van der Waals surface area contributed by atoms with Crippen molar-refractivity contribution in [3.05, 3.63) is 35.4 Å². The molecular weight excluding hydrogens is 379 g/mol. The van der Waals surface area contributed by atoms with Gasteiger partial charge in [0.1, 0.15) is 0 Å². The summed E-state index contributed by atoms with van der Waals surface area (Å²) in [4.78, 5) is 0. The molecule has 1 aromatic rings. The van der Waals surface area contributed by atoms with Crippen molar-refractivity contribution in [2.45, 2.75) is 90.4 Å². The molecule has 0 amide bonds. The van der Waals surface area contributed by atoms with Crippen LogP contribution in [0.1, 0.15) is 88.7 Å². The number of halogens is 1. The number of aryl methyl sites for hydroxylation is 2. The summed E-state index contributed by atoms with van der Waals surface area (Å²) < 4.78 is 1.22. The first-order chi connectivity index (χ1) is 10.9. The van der Waals surface area contributed by atoms with E-state index in [-0.39, 0.29) is 0 Å². The second-order valence-electron chi connectivity index (χ2n) is 6.54. The van der Waals surface area contributed by atoms with Gasteiger partial charge in [0.05, 0.1) is 0 Å². The van der Waals surface area contributed by atoms with Gasteiger partial charge in [-0.3, -0.25) is 0 Å². The fourth-order valence-corrected chi connectivity index (χ4v) is 3.60. The fraction of sp³-hybridized carbons (Fsp3) is 0.714. The zero-order valence-electron chi connectivity index (χ0n) is 14.6. The number of unbranched alkanes of at least 4 members (excludes halogenated alkanes) is 10. The fourth-order valence-electron chi connectivity index (χ4n) is 2.98. The zero-order valence-corrected chi connectivity index (χ0v) is 16.7. The van der Waals surface area contributed by atoms with Crippen molar-refractivity contribution in [2.24, 2.45) is 0 Å². The molecular formula is C21H35I. The van der Waals surface area contributed by atoms with Gasteiger partial charge in [0.25, 0.3) is 0 Å². The predicted molar refractivity (Wildman–Crippen MR) is 109 cm³/mol. The molecule has 0 atom stereocenters. The molecule has 0 saturated heterocycles. The van der Waals surface area contributed by atoms with Gasteiger partial charge in [-0.25, -0.2) is 0 Å². The highest BCUT2D eigenvalue weighted by atomic mass is 127. The lowest BCUT2D eigenvalue weighted by atomic mass is 10.0. The van der Waals surface area contributed by atoms with E-state index in [1.165, 1.54) is 99.0 Å². The van der Waals surface area contributed by atoms with Gasteiger partial charge in [-0.2, -0.15) is 0 Å². The lowest BCUT2D eigenvalue weighted by molar-refractivity contribution is 0.549. The number of rotatable bonds is 14. The third kappa shape index (κ3) is 10.6. The van der Waals surface area contributed by atoms with Crippen molar-refractivity contribution in [1.82, 2.24) is 0 Å². The molecule has 126 valence electrons. The number of benzene rings is 1. The Labute approximate surface area is 152 Å². The minimum atomic E-state index is 1.21. The molecule has 0 unspecified atom stereocenters. The summed E-state index contributed by atoms with van der Waals surface area (Å²) in [6, 6.07) is 9.29. The first-order valence-electron chi connectivity index (χ1n) is 9.50. The molecule has 0 fully saturated rings. The largest absolute Gasteiger partial charge is 0.0860 e. The van der Waals surface area contributed by atoms with Crippen LogP contribution in [0.25, 0.3) is 0 Å². The van der Waals surface area contributed by atoms with Gasteiger partial charge in [-0.05, 0) is 30.4 Å². The van der Waals surface area contributed by atoms with Gasteiger partial charge in [0.15, 0.2) is 0 Å². The molecule has 0 bridgehead atoms. The van der Waals surface area contributed by atoms with Crippen LogP contribution in [0, 0.1) is 0 Å². The molecule has 0 radical (unpaired) electrons. The standard InChI is InChI=1S/C21H35I/c1-2-3-4-5-6-7-8-9-10-11-12-13-20-14-16-21(17-15-20)18-19-22/h14-17H,2-13,18-19H2,1H3. The van der Waals surface area contributed by atoms with Crippen LogP contribution in [0.2, 0.25) is 0 Å². The summed E-state index contributed by atoms with van der Waals surface area (Å²) >= 11 is 2.45. The average Bonchev–Trinajstić information content (AvgIpc) is 2.54. The Morgan fingerprint density at radius 2 is 1.00 bits per heavy atom. The van der Waals surface area contributed by atoms with Gasteiger partial charge in [-0.1, -0.05) is 118 Å². The van der Waals surface area contributed by atoms with Gasteiger partial charge in [-0.15, -0.1) is 0 Å². The Kier molecular flexibility index (Phi) is 13.2. The molecule has 22 heavy (non-hydrogen) atoms. The first-order valence-corrected chi connectivity index (χ1v) is 11.0. The summed E-state index contributed by atoms with van der Waals surface area (Å²) in [6.07, 6.45) is 18.2. The van der Waals surface area contributed by atoms with Crippen LogP contribution in [-0.2, 0) is 12.8 Å². The summed E-state index contributed by atoms with van der Waals surface area (Å²) in [5.74, 6) is 0. The maximum absolute atomic E-state index is 2.45. The first kappa shape index (κ1) is 20.0. The SMILES string of the molecule is CCCCCCCCCCCCCc1ccc(CCI)cc1. The van der Waals surface area contributed by atoms with E-state index >= 15 is 0 Å². The lowest BCUT2D eigenvalue weighted by Crippen LogP contribution is -1.89. The van der Waals surface area contributed by atoms with E-state index in [0.717, 1.165) is 0 Å². The van der Waals surface area contributed by atoms with Crippen LogP contribution >= 0.6 is 22.6 Å². The molecule has 1 heteroatoms. The molecule has 0 heterocycles. The molecule has 0 saturated carbocycles. The van der Waals surface area contributed by atoms with Crippen molar-refractivity contribution in [1.29, 1.82) is 0 Å². The van der Waals surface area contributed by atoms with Crippen LogP contribution in [-0.4, -0.2) is 4.43 Å². The van der Waals surface area contributed by atoms with Crippen molar-refractivity contribution < 1.29 is 0 Å². The Balaban J connectivity index is 1.90. The van der Waals surface area contributed by atoms with Crippen LogP contribution in [0.4, 0.5) is 0 Å². The van der Waals surface area contributed by atoms with E-state index in [1.807, 2.05) is 0 Å². The Morgan fingerprint density at radius 1 is 0.591 bits per heavy atom. The third-order valence-electron chi connectivity index (χ3n) is 4.48. The van der Waals surface area contributed by atoms with Crippen LogP contribution in [0.3, 0.4) is 0 Å². The van der Waals surface area contributed by atoms with Gasteiger partial charge in [0.2, 0.25) is 0 Å². The summed E-state index contributed by atoms with van der Waals surface area (Å²) in [5, 5.41) is 0. The van der Waals surface area contributed by atoms with E-state index in [1.54, 1.807) is 0 Å². The molecule has 0 N–H and O–H groups in total. The Bertz CT molecular complexity index is 341. The Morgan fingerprint density at radius 3 is 1.45 bits per heavy atom. The molecule has 0 spiro atoms. The highest BCUT2D eigenvalue weighted by Crippen LogP contribution is 2.13. The van der Waals surface area contributed by atoms with Crippen molar-refractivity contribution in [2.75, 3.05) is 4.43 Å². The van der Waals surface area contributed by atoms with Crippen LogP contribution < -0.4 is 0 Å². The predicted octanol–water partition coefficient (Wildman–Crippen LogP) is 7.52. The summed E-state index contributed by atoms with van der Waals surface area (Å²) in [5.41, 5.74) is 3.00. The smallest absolute Gasteiger partial charge is 0.00358 e. The topological polar surface area (TPSA) is 0 Å². The van der Waals surface area contributed by atoms with E-state index in [2.05, 4.69) is 53.8 Å². The minimum absolute atomic E-state index is 1.21. The van der Waals surface area contributed by atoms with E-state index in [0.29, 0.717) is 0 Å². The Hall–Kier alpha value is -0.0500. The minimum Gasteiger partial charge on any atom is -0.0860 e. The van der Waals surface area contributed by atoms with E-state index in [9.17, 15) is 0 Å². The lowest BCUT2D eigenvalue weighted by Gasteiger charge is -2.04. The normalized spacial score (nSPS) is 11.0. The van der Waals surface area contributed by atoms with Gasteiger partial charge >= 0.3 is 0 Å². The van der Waals surface area contributed by atoms with E-state index in [4.69, 9.17) is 0 Å². The number of hydrogen-bond donors (Lipinski definition) is 0.